The number of pyridine rings is 1. The topological polar surface area (TPSA) is 69.2 Å². The number of aromatic nitrogens is 2. The van der Waals surface area contributed by atoms with Crippen LogP contribution in [0.25, 0.3) is 20.7 Å². The van der Waals surface area contributed by atoms with Crippen molar-refractivity contribution < 1.29 is 9.53 Å². The Bertz CT molecular complexity index is 1240. The lowest BCUT2D eigenvalue weighted by atomic mass is 10.2. The molecule has 0 aliphatic heterocycles. The number of hydrogen-bond acceptors (Lipinski definition) is 7. The summed E-state index contributed by atoms with van der Waals surface area (Å²) < 4.78 is 5.73. The number of carbonyl (C=O) groups excluding carboxylic acids is 1. The van der Waals surface area contributed by atoms with Crippen molar-refractivity contribution in [1.82, 2.24) is 9.97 Å². The molecular formula is C21H14N2O3S2. The Morgan fingerprint density at radius 1 is 1.07 bits per heavy atom. The van der Waals surface area contributed by atoms with Crippen LogP contribution in [0, 0.1) is 0 Å². The van der Waals surface area contributed by atoms with Crippen molar-refractivity contribution in [2.24, 2.45) is 0 Å². The third-order valence-corrected chi connectivity index (χ3v) is 6.12. The molecule has 138 valence electrons. The zero-order valence-corrected chi connectivity index (χ0v) is 16.4. The summed E-state index contributed by atoms with van der Waals surface area (Å²) in [6.07, 6.45) is 1.67. The largest absolute Gasteiger partial charge is 0.465 e. The van der Waals surface area contributed by atoms with Crippen LogP contribution in [-0.2, 0) is 4.74 Å². The van der Waals surface area contributed by atoms with Crippen molar-refractivity contribution >= 4 is 39.2 Å². The van der Waals surface area contributed by atoms with Crippen LogP contribution >= 0.6 is 23.1 Å². The van der Waals surface area contributed by atoms with Gasteiger partial charge in [-0.25, -0.2) is 9.78 Å². The van der Waals surface area contributed by atoms with Gasteiger partial charge in [0.25, 0.3) is 5.56 Å². The van der Waals surface area contributed by atoms with Crippen molar-refractivity contribution in [3.8, 4) is 10.6 Å². The maximum absolute atomic E-state index is 12.3. The van der Waals surface area contributed by atoms with Crippen LogP contribution in [-0.4, -0.2) is 23.0 Å². The highest BCUT2D eigenvalue weighted by atomic mass is 32.2. The fourth-order valence-electron chi connectivity index (χ4n) is 2.68. The molecule has 0 amide bonds. The standard InChI is InChI=1S/C21H14N2O3S2/c1-26-21(25)15-7-3-5-9-17(15)27-18-12-13(10-11-22-18)20-23-19(24)14-6-2-4-8-16(14)28-20/h2-12H,1H3. The first kappa shape index (κ1) is 18.3. The second-order valence-corrected chi connectivity index (χ2v) is 7.89. The van der Waals surface area contributed by atoms with Gasteiger partial charge in [0, 0.05) is 21.4 Å². The lowest BCUT2D eigenvalue weighted by Gasteiger charge is -2.08. The van der Waals surface area contributed by atoms with E-state index in [-0.39, 0.29) is 5.56 Å². The predicted octanol–water partition coefficient (Wildman–Crippen LogP) is 4.66. The van der Waals surface area contributed by atoms with Crippen molar-refractivity contribution in [2.75, 3.05) is 7.11 Å². The Balaban J connectivity index is 1.72. The fourth-order valence-corrected chi connectivity index (χ4v) is 4.61. The van der Waals surface area contributed by atoms with E-state index in [0.717, 1.165) is 15.2 Å². The SMILES string of the molecule is COC(=O)c1ccccc1Sc1cc(-c2nc(=O)c3ccccc3s2)ccn1. The summed E-state index contributed by atoms with van der Waals surface area (Å²) in [6.45, 7) is 0. The molecule has 0 aliphatic rings. The summed E-state index contributed by atoms with van der Waals surface area (Å²) in [5.41, 5.74) is 1.04. The second-order valence-electron chi connectivity index (χ2n) is 5.79. The van der Waals surface area contributed by atoms with E-state index in [9.17, 15) is 9.59 Å². The van der Waals surface area contributed by atoms with E-state index >= 15 is 0 Å². The van der Waals surface area contributed by atoms with E-state index < -0.39 is 5.97 Å². The lowest BCUT2D eigenvalue weighted by Crippen LogP contribution is -2.05. The molecule has 5 nitrogen and oxygen atoms in total. The molecule has 0 spiro atoms. The van der Waals surface area contributed by atoms with E-state index in [1.54, 1.807) is 24.4 Å². The third-order valence-electron chi connectivity index (χ3n) is 4.02. The number of rotatable bonds is 4. The van der Waals surface area contributed by atoms with Crippen molar-refractivity contribution in [2.45, 2.75) is 9.92 Å². The predicted molar refractivity (Wildman–Crippen MR) is 111 cm³/mol. The van der Waals surface area contributed by atoms with Gasteiger partial charge >= 0.3 is 5.97 Å². The Morgan fingerprint density at radius 3 is 2.71 bits per heavy atom. The van der Waals surface area contributed by atoms with Crippen molar-refractivity contribution in [3.63, 3.8) is 0 Å². The van der Waals surface area contributed by atoms with Crippen LogP contribution in [0.2, 0.25) is 0 Å². The van der Waals surface area contributed by atoms with E-state index in [2.05, 4.69) is 9.97 Å². The molecule has 0 N–H and O–H groups in total. The van der Waals surface area contributed by atoms with Crippen LogP contribution in [0.3, 0.4) is 0 Å². The first-order valence-corrected chi connectivity index (χ1v) is 10.0. The van der Waals surface area contributed by atoms with Crippen LogP contribution in [0.1, 0.15) is 10.4 Å². The summed E-state index contributed by atoms with van der Waals surface area (Å²) >= 11 is 2.82. The van der Waals surface area contributed by atoms with E-state index in [0.29, 0.717) is 21.0 Å². The normalized spacial score (nSPS) is 10.8. The number of ether oxygens (including phenoxy) is 1. The molecule has 0 atom stereocenters. The number of benzene rings is 2. The zero-order valence-electron chi connectivity index (χ0n) is 14.8. The molecular weight excluding hydrogens is 392 g/mol. The molecule has 2 aromatic carbocycles. The molecule has 2 heterocycles. The zero-order chi connectivity index (χ0) is 19.5. The highest BCUT2D eigenvalue weighted by Gasteiger charge is 2.14. The Morgan fingerprint density at radius 2 is 1.86 bits per heavy atom. The summed E-state index contributed by atoms with van der Waals surface area (Å²) in [5, 5.41) is 1.95. The monoisotopic (exact) mass is 406 g/mol. The van der Waals surface area contributed by atoms with Crippen molar-refractivity contribution in [3.05, 3.63) is 82.8 Å². The molecule has 2 aromatic heterocycles. The van der Waals surface area contributed by atoms with Gasteiger partial charge < -0.3 is 4.74 Å². The van der Waals surface area contributed by atoms with Gasteiger partial charge in [-0.3, -0.25) is 4.79 Å². The second kappa shape index (κ2) is 7.92. The molecule has 0 fully saturated rings. The highest BCUT2D eigenvalue weighted by molar-refractivity contribution is 7.99. The lowest BCUT2D eigenvalue weighted by molar-refractivity contribution is 0.0597. The number of hydrogen-bond donors (Lipinski definition) is 0. The fraction of sp³-hybridized carbons (Fsp3) is 0.0476. The van der Waals surface area contributed by atoms with Gasteiger partial charge in [-0.05, 0) is 36.4 Å². The van der Waals surface area contributed by atoms with Gasteiger partial charge in [0.1, 0.15) is 10.0 Å². The molecule has 0 bridgehead atoms. The van der Waals surface area contributed by atoms with E-state index in [4.69, 9.17) is 4.74 Å². The van der Waals surface area contributed by atoms with Crippen LogP contribution in [0.5, 0.6) is 0 Å². The molecule has 4 rings (SSSR count). The first-order valence-electron chi connectivity index (χ1n) is 8.37. The number of carbonyl (C=O) groups is 1. The van der Waals surface area contributed by atoms with Gasteiger partial charge in [-0.15, -0.1) is 11.3 Å². The smallest absolute Gasteiger partial charge is 0.339 e. The molecule has 28 heavy (non-hydrogen) atoms. The molecule has 7 heteroatoms. The molecule has 4 aromatic rings. The Hall–Kier alpha value is -3.03. The number of methoxy groups -OCH3 is 1. The molecule has 0 saturated heterocycles. The van der Waals surface area contributed by atoms with Gasteiger partial charge in [-0.2, -0.15) is 4.98 Å². The maximum Gasteiger partial charge on any atom is 0.339 e. The Kier molecular flexibility index (Phi) is 5.18. The minimum Gasteiger partial charge on any atom is -0.465 e. The first-order chi connectivity index (χ1) is 13.7. The number of nitrogens with zero attached hydrogens (tertiary/aromatic N) is 2. The number of esters is 1. The molecule has 0 saturated carbocycles. The van der Waals surface area contributed by atoms with Crippen LogP contribution in [0.15, 0.2) is 81.6 Å². The van der Waals surface area contributed by atoms with Crippen LogP contribution in [0.4, 0.5) is 0 Å². The van der Waals surface area contributed by atoms with E-state index in [1.165, 1.54) is 30.2 Å². The summed E-state index contributed by atoms with van der Waals surface area (Å²) in [5.74, 6) is -0.395. The van der Waals surface area contributed by atoms with Gasteiger partial charge in [0.15, 0.2) is 0 Å². The van der Waals surface area contributed by atoms with Gasteiger partial charge in [-0.1, -0.05) is 36.0 Å². The van der Waals surface area contributed by atoms with Crippen molar-refractivity contribution in [1.29, 1.82) is 0 Å². The Labute approximate surface area is 169 Å². The average Bonchev–Trinajstić information content (AvgIpc) is 2.74. The van der Waals surface area contributed by atoms with Gasteiger partial charge in [0.2, 0.25) is 0 Å². The highest BCUT2D eigenvalue weighted by Crippen LogP contribution is 2.33. The average molecular weight is 406 g/mol. The maximum atomic E-state index is 12.3. The molecule has 0 radical (unpaired) electrons. The minimum atomic E-state index is -0.395. The van der Waals surface area contributed by atoms with E-state index in [1.807, 2.05) is 42.5 Å². The molecule has 0 unspecified atom stereocenters. The summed E-state index contributed by atoms with van der Waals surface area (Å²) in [4.78, 5) is 33.7. The summed E-state index contributed by atoms with van der Waals surface area (Å²) in [7, 11) is 1.36. The molecule has 0 aliphatic carbocycles. The van der Waals surface area contributed by atoms with Gasteiger partial charge in [0.05, 0.1) is 18.1 Å². The number of fused-ring (bicyclic) bond motifs is 1. The third kappa shape index (κ3) is 3.67. The quantitative estimate of drug-likeness (QED) is 0.459. The minimum absolute atomic E-state index is 0.244. The van der Waals surface area contributed by atoms with Crippen LogP contribution < -0.4 is 5.56 Å². The summed E-state index contributed by atoms with van der Waals surface area (Å²) in [6, 6.07) is 18.3.